The van der Waals surface area contributed by atoms with E-state index < -0.39 is 0 Å². The number of Topliss-reactive ketones (excluding diaryl/α,β-unsaturated/α-hetero) is 1. The molecule has 0 bridgehead atoms. The molecule has 4 rings (SSSR count). The van der Waals surface area contributed by atoms with E-state index in [1.165, 1.54) is 24.0 Å². The van der Waals surface area contributed by atoms with Crippen molar-refractivity contribution in [3.63, 3.8) is 0 Å². The Morgan fingerprint density at radius 3 is 2.28 bits per heavy atom. The second-order valence-corrected chi connectivity index (χ2v) is 7.59. The molecule has 2 aromatic carbocycles. The second kappa shape index (κ2) is 7.13. The fourth-order valence-corrected chi connectivity index (χ4v) is 4.95. The Bertz CT molecular complexity index is 711. The van der Waals surface area contributed by atoms with Crippen molar-refractivity contribution in [1.82, 2.24) is 4.90 Å². The molecule has 25 heavy (non-hydrogen) atoms. The summed E-state index contributed by atoms with van der Waals surface area (Å²) in [5.41, 5.74) is 2.63. The molecular weight excluding hydrogens is 306 g/mol. The summed E-state index contributed by atoms with van der Waals surface area (Å²) in [7, 11) is 0. The van der Waals surface area contributed by atoms with Gasteiger partial charge in [-0.3, -0.25) is 9.69 Å². The van der Waals surface area contributed by atoms with E-state index in [0.29, 0.717) is 24.3 Å². The monoisotopic (exact) mass is 333 g/mol. The first-order valence-electron chi connectivity index (χ1n) is 9.66. The van der Waals surface area contributed by atoms with Crippen molar-refractivity contribution in [2.45, 2.75) is 57.2 Å². The Morgan fingerprint density at radius 1 is 0.920 bits per heavy atom. The van der Waals surface area contributed by atoms with Gasteiger partial charge in [0.1, 0.15) is 5.78 Å². The van der Waals surface area contributed by atoms with Crippen LogP contribution < -0.4 is 0 Å². The molecule has 0 spiro atoms. The van der Waals surface area contributed by atoms with Crippen LogP contribution in [0.3, 0.4) is 0 Å². The molecule has 0 N–H and O–H groups in total. The van der Waals surface area contributed by atoms with E-state index in [4.69, 9.17) is 0 Å². The summed E-state index contributed by atoms with van der Waals surface area (Å²) in [6.45, 7) is 2.31. The third kappa shape index (κ3) is 3.16. The van der Waals surface area contributed by atoms with Crippen LogP contribution in [-0.2, 0) is 4.79 Å². The van der Waals surface area contributed by atoms with Gasteiger partial charge in [0, 0.05) is 30.5 Å². The molecule has 2 aromatic rings. The van der Waals surface area contributed by atoms with Gasteiger partial charge in [0.15, 0.2) is 0 Å². The van der Waals surface area contributed by atoms with Crippen molar-refractivity contribution in [2.24, 2.45) is 5.92 Å². The van der Waals surface area contributed by atoms with E-state index in [2.05, 4.69) is 72.5 Å². The summed E-state index contributed by atoms with van der Waals surface area (Å²) in [5, 5.41) is 0. The van der Waals surface area contributed by atoms with E-state index >= 15 is 0 Å². The van der Waals surface area contributed by atoms with E-state index in [1.54, 1.807) is 0 Å². The minimum Gasteiger partial charge on any atom is -0.299 e. The van der Waals surface area contributed by atoms with Gasteiger partial charge in [0.05, 0.1) is 0 Å². The summed E-state index contributed by atoms with van der Waals surface area (Å²) in [6.07, 6.45) is 5.33. The highest BCUT2D eigenvalue weighted by molar-refractivity contribution is 5.83. The van der Waals surface area contributed by atoms with Crippen molar-refractivity contribution in [2.75, 3.05) is 0 Å². The van der Waals surface area contributed by atoms with Gasteiger partial charge in [0.25, 0.3) is 0 Å². The zero-order chi connectivity index (χ0) is 17.2. The first-order valence-corrected chi connectivity index (χ1v) is 9.66. The van der Waals surface area contributed by atoms with Gasteiger partial charge < -0.3 is 0 Å². The summed E-state index contributed by atoms with van der Waals surface area (Å²) in [6, 6.07) is 22.3. The number of piperidine rings is 1. The Morgan fingerprint density at radius 2 is 1.56 bits per heavy atom. The third-order valence-electron chi connectivity index (χ3n) is 6.19. The lowest BCUT2D eigenvalue weighted by Gasteiger charge is -2.50. The largest absolute Gasteiger partial charge is 0.299 e. The van der Waals surface area contributed by atoms with Crippen LogP contribution in [0, 0.1) is 5.92 Å². The second-order valence-electron chi connectivity index (χ2n) is 7.59. The Hall–Kier alpha value is -1.93. The zero-order valence-electron chi connectivity index (χ0n) is 15.0. The molecule has 0 radical (unpaired) electrons. The van der Waals surface area contributed by atoms with Crippen molar-refractivity contribution in [3.05, 3.63) is 71.8 Å². The summed E-state index contributed by atoms with van der Waals surface area (Å²) in [4.78, 5) is 15.6. The van der Waals surface area contributed by atoms with Crippen molar-refractivity contribution in [3.8, 4) is 0 Å². The van der Waals surface area contributed by atoms with E-state index in [0.717, 1.165) is 12.8 Å². The van der Waals surface area contributed by atoms with Crippen molar-refractivity contribution >= 4 is 5.78 Å². The Balaban J connectivity index is 1.74. The van der Waals surface area contributed by atoms with Crippen LogP contribution >= 0.6 is 0 Å². The predicted octanol–water partition coefficient (Wildman–Crippen LogP) is 5.32. The van der Waals surface area contributed by atoms with E-state index in [1.807, 2.05) is 0 Å². The fourth-order valence-electron chi connectivity index (χ4n) is 4.95. The number of hydrogen-bond acceptors (Lipinski definition) is 2. The molecule has 1 saturated heterocycles. The van der Waals surface area contributed by atoms with Gasteiger partial charge in [-0.2, -0.15) is 0 Å². The number of carbonyl (C=O) groups is 1. The van der Waals surface area contributed by atoms with Crippen LogP contribution in [0.25, 0.3) is 0 Å². The zero-order valence-corrected chi connectivity index (χ0v) is 15.0. The smallest absolute Gasteiger partial charge is 0.139 e. The fraction of sp³-hybridized carbons (Fsp3) is 0.435. The van der Waals surface area contributed by atoms with Crippen LogP contribution in [0.2, 0.25) is 0 Å². The maximum Gasteiger partial charge on any atom is 0.139 e. The molecule has 1 heterocycles. The summed E-state index contributed by atoms with van der Waals surface area (Å²) >= 11 is 0. The lowest BCUT2D eigenvalue weighted by molar-refractivity contribution is -0.136. The standard InChI is InChI=1S/C23H27NO/c1-17(18-10-4-2-5-11-18)24-21-15-9-8-14-20(21)23(25)16-22(24)19-12-6-3-7-13-19/h2-7,10-13,17,20-22H,8-9,14-16H2,1H3/t17-,20+,21-,22+/m1/s1. The molecule has 2 fully saturated rings. The molecule has 130 valence electrons. The van der Waals surface area contributed by atoms with Crippen LogP contribution in [0.15, 0.2) is 60.7 Å². The van der Waals surface area contributed by atoms with Gasteiger partial charge in [-0.05, 0) is 30.9 Å². The summed E-state index contributed by atoms with van der Waals surface area (Å²) < 4.78 is 0. The highest BCUT2D eigenvalue weighted by atomic mass is 16.1. The minimum atomic E-state index is 0.197. The Kier molecular flexibility index (Phi) is 4.72. The number of nitrogens with zero attached hydrogens (tertiary/aromatic N) is 1. The molecular formula is C23H27NO. The van der Waals surface area contributed by atoms with Crippen LogP contribution in [-0.4, -0.2) is 16.7 Å². The minimum absolute atomic E-state index is 0.197. The number of benzene rings is 2. The number of fused-ring (bicyclic) bond motifs is 1. The maximum atomic E-state index is 12.9. The molecule has 1 aliphatic carbocycles. The number of rotatable bonds is 3. The van der Waals surface area contributed by atoms with Crippen molar-refractivity contribution in [1.29, 1.82) is 0 Å². The molecule has 0 aromatic heterocycles. The van der Waals surface area contributed by atoms with Crippen LogP contribution in [0.5, 0.6) is 0 Å². The Labute approximate surface area is 150 Å². The molecule has 1 aliphatic heterocycles. The average Bonchev–Trinajstić information content (AvgIpc) is 2.69. The lowest BCUT2D eigenvalue weighted by atomic mass is 9.73. The average molecular weight is 333 g/mol. The topological polar surface area (TPSA) is 20.3 Å². The molecule has 2 aliphatic rings. The highest BCUT2D eigenvalue weighted by Gasteiger charge is 2.45. The van der Waals surface area contributed by atoms with Crippen molar-refractivity contribution < 1.29 is 4.79 Å². The van der Waals surface area contributed by atoms with Crippen LogP contribution in [0.4, 0.5) is 0 Å². The lowest BCUT2D eigenvalue weighted by Crippen LogP contribution is -2.53. The molecule has 1 saturated carbocycles. The molecule has 2 nitrogen and oxygen atoms in total. The number of likely N-dealkylation sites (tertiary alicyclic amines) is 1. The predicted molar refractivity (Wildman–Crippen MR) is 101 cm³/mol. The third-order valence-corrected chi connectivity index (χ3v) is 6.19. The number of ketones is 1. The SMILES string of the molecule is C[C@H](c1ccccc1)N1[C@@H]2CCCC[C@@H]2C(=O)C[C@H]1c1ccccc1. The van der Waals surface area contributed by atoms with E-state index in [9.17, 15) is 4.79 Å². The normalized spacial score (nSPS) is 28.4. The molecule has 0 amide bonds. The van der Waals surface area contributed by atoms with E-state index in [-0.39, 0.29) is 12.0 Å². The van der Waals surface area contributed by atoms with Gasteiger partial charge in [-0.1, -0.05) is 73.5 Å². The first-order chi connectivity index (χ1) is 12.3. The van der Waals surface area contributed by atoms with Gasteiger partial charge >= 0.3 is 0 Å². The maximum absolute atomic E-state index is 12.9. The quantitative estimate of drug-likeness (QED) is 0.757. The van der Waals surface area contributed by atoms with Gasteiger partial charge in [0.2, 0.25) is 0 Å². The summed E-state index contributed by atoms with van der Waals surface area (Å²) in [5.74, 6) is 0.718. The van der Waals surface area contributed by atoms with Gasteiger partial charge in [-0.25, -0.2) is 0 Å². The molecule has 4 atom stereocenters. The molecule has 0 unspecified atom stereocenters. The molecule has 2 heteroatoms. The number of hydrogen-bond donors (Lipinski definition) is 0. The van der Waals surface area contributed by atoms with Gasteiger partial charge in [-0.15, -0.1) is 0 Å². The highest BCUT2D eigenvalue weighted by Crippen LogP contribution is 2.45. The van der Waals surface area contributed by atoms with Crippen LogP contribution in [0.1, 0.15) is 62.2 Å². The number of carbonyl (C=O) groups excluding carboxylic acids is 1. The first kappa shape index (κ1) is 16.5.